The molecule has 0 amide bonds. The van der Waals surface area contributed by atoms with E-state index in [1.165, 1.54) is 0 Å². The molecule has 3 nitrogen and oxygen atoms in total. The van der Waals surface area contributed by atoms with Crippen LogP contribution in [0.2, 0.25) is 0 Å². The van der Waals surface area contributed by atoms with E-state index in [1.807, 2.05) is 19.1 Å². The minimum Gasteiger partial charge on any atom is -0.488 e. The number of aryl methyl sites for hydroxylation is 1. The van der Waals surface area contributed by atoms with Gasteiger partial charge in [-0.05, 0) is 25.1 Å². The number of hydrogen-bond acceptors (Lipinski definition) is 3. The third kappa shape index (κ3) is 2.53. The summed E-state index contributed by atoms with van der Waals surface area (Å²) in [7, 11) is 1.57. The van der Waals surface area contributed by atoms with Crippen molar-refractivity contribution < 1.29 is 13.9 Å². The van der Waals surface area contributed by atoms with Crippen LogP contribution in [-0.4, -0.2) is 25.3 Å². The van der Waals surface area contributed by atoms with E-state index in [-0.39, 0.29) is 5.75 Å². The van der Waals surface area contributed by atoms with Crippen LogP contribution in [0.25, 0.3) is 10.9 Å². The fourth-order valence-corrected chi connectivity index (χ4v) is 1.58. The van der Waals surface area contributed by atoms with E-state index in [4.69, 9.17) is 9.47 Å². The molecular weight excluding hydrogens is 221 g/mol. The van der Waals surface area contributed by atoms with Crippen LogP contribution in [0.4, 0.5) is 4.39 Å². The molecule has 0 aliphatic heterocycles. The molecule has 90 valence electrons. The van der Waals surface area contributed by atoms with E-state index in [0.717, 1.165) is 11.1 Å². The highest BCUT2D eigenvalue weighted by Gasteiger charge is 2.09. The molecule has 0 radical (unpaired) electrons. The Kier molecular flexibility index (Phi) is 3.54. The van der Waals surface area contributed by atoms with E-state index < -0.39 is 5.82 Å². The van der Waals surface area contributed by atoms with Crippen molar-refractivity contribution in [2.75, 3.05) is 20.3 Å². The molecule has 0 spiro atoms. The first kappa shape index (κ1) is 11.8. The molecule has 0 atom stereocenters. The SMILES string of the molecule is COCCOc1ccc2ccc(C)nc2c1F. The minimum absolute atomic E-state index is 0.215. The number of nitrogens with zero attached hydrogens (tertiary/aromatic N) is 1. The Hall–Kier alpha value is -1.68. The first-order chi connectivity index (χ1) is 8.22. The van der Waals surface area contributed by atoms with Gasteiger partial charge in [-0.1, -0.05) is 6.07 Å². The van der Waals surface area contributed by atoms with Crippen molar-refractivity contribution >= 4 is 10.9 Å². The largest absolute Gasteiger partial charge is 0.488 e. The van der Waals surface area contributed by atoms with E-state index in [2.05, 4.69) is 4.98 Å². The number of benzene rings is 1. The number of halogens is 1. The quantitative estimate of drug-likeness (QED) is 0.763. The summed E-state index contributed by atoms with van der Waals surface area (Å²) in [4.78, 5) is 4.18. The second-order valence-corrected chi connectivity index (χ2v) is 3.74. The maximum Gasteiger partial charge on any atom is 0.191 e. The molecule has 2 rings (SSSR count). The summed E-state index contributed by atoms with van der Waals surface area (Å²) < 4.78 is 24.2. The zero-order chi connectivity index (χ0) is 12.3. The Morgan fingerprint density at radius 2 is 1.94 bits per heavy atom. The molecule has 0 N–H and O–H groups in total. The normalized spacial score (nSPS) is 10.8. The van der Waals surface area contributed by atoms with Crippen LogP contribution in [0.1, 0.15) is 5.69 Å². The molecule has 0 aliphatic carbocycles. The predicted molar refractivity (Wildman–Crippen MR) is 63.8 cm³/mol. The van der Waals surface area contributed by atoms with Crippen LogP contribution >= 0.6 is 0 Å². The minimum atomic E-state index is -0.415. The summed E-state index contributed by atoms with van der Waals surface area (Å²) in [6.07, 6.45) is 0. The van der Waals surface area contributed by atoms with E-state index >= 15 is 0 Å². The maximum atomic E-state index is 14.0. The summed E-state index contributed by atoms with van der Waals surface area (Å²) >= 11 is 0. The van der Waals surface area contributed by atoms with Gasteiger partial charge < -0.3 is 9.47 Å². The highest BCUT2D eigenvalue weighted by Crippen LogP contribution is 2.25. The molecule has 0 unspecified atom stereocenters. The summed E-state index contributed by atoms with van der Waals surface area (Å²) in [6.45, 7) is 2.58. The lowest BCUT2D eigenvalue weighted by atomic mass is 10.2. The third-order valence-electron chi connectivity index (χ3n) is 2.45. The Morgan fingerprint density at radius 3 is 2.71 bits per heavy atom. The Labute approximate surface area is 99.2 Å². The zero-order valence-corrected chi connectivity index (χ0v) is 9.87. The smallest absolute Gasteiger partial charge is 0.191 e. The molecule has 1 aromatic carbocycles. The van der Waals surface area contributed by atoms with Crippen LogP contribution < -0.4 is 4.74 Å². The number of pyridine rings is 1. The van der Waals surface area contributed by atoms with E-state index in [1.54, 1.807) is 19.2 Å². The zero-order valence-electron chi connectivity index (χ0n) is 9.87. The standard InChI is InChI=1S/C13H14FNO2/c1-9-3-4-10-5-6-11(17-8-7-16-2)12(14)13(10)15-9/h3-6H,7-8H2,1-2H3. The molecule has 1 aromatic heterocycles. The average molecular weight is 235 g/mol. The van der Waals surface area contributed by atoms with Crippen molar-refractivity contribution in [3.05, 3.63) is 35.8 Å². The van der Waals surface area contributed by atoms with Crippen molar-refractivity contribution in [1.82, 2.24) is 4.98 Å². The van der Waals surface area contributed by atoms with E-state index in [9.17, 15) is 4.39 Å². The van der Waals surface area contributed by atoms with Gasteiger partial charge in [-0.25, -0.2) is 9.37 Å². The van der Waals surface area contributed by atoms with Crippen molar-refractivity contribution in [3.63, 3.8) is 0 Å². The summed E-state index contributed by atoms with van der Waals surface area (Å²) in [5, 5.41) is 0.771. The average Bonchev–Trinajstić information content (AvgIpc) is 2.33. The molecule has 2 aromatic rings. The van der Waals surface area contributed by atoms with Crippen LogP contribution in [0.5, 0.6) is 5.75 Å². The second kappa shape index (κ2) is 5.10. The topological polar surface area (TPSA) is 31.4 Å². The van der Waals surface area contributed by atoms with E-state index in [0.29, 0.717) is 18.7 Å². The number of hydrogen-bond donors (Lipinski definition) is 0. The van der Waals surface area contributed by atoms with Crippen LogP contribution in [0.3, 0.4) is 0 Å². The van der Waals surface area contributed by atoms with Crippen molar-refractivity contribution in [1.29, 1.82) is 0 Å². The summed E-state index contributed by atoms with van der Waals surface area (Å²) in [5.41, 5.74) is 1.13. The maximum absolute atomic E-state index is 14.0. The van der Waals surface area contributed by atoms with Gasteiger partial charge in [0.1, 0.15) is 12.1 Å². The Morgan fingerprint density at radius 1 is 1.18 bits per heavy atom. The number of methoxy groups -OCH3 is 1. The lowest BCUT2D eigenvalue weighted by Gasteiger charge is -2.08. The number of rotatable bonds is 4. The highest BCUT2D eigenvalue weighted by molar-refractivity contribution is 5.80. The van der Waals surface area contributed by atoms with Gasteiger partial charge in [0.05, 0.1) is 6.61 Å². The fraction of sp³-hybridized carbons (Fsp3) is 0.308. The van der Waals surface area contributed by atoms with Crippen molar-refractivity contribution in [3.8, 4) is 5.75 Å². The molecule has 0 aliphatic rings. The van der Waals surface area contributed by atoms with Gasteiger partial charge >= 0.3 is 0 Å². The van der Waals surface area contributed by atoms with Gasteiger partial charge in [-0.3, -0.25) is 0 Å². The number of aromatic nitrogens is 1. The van der Waals surface area contributed by atoms with Gasteiger partial charge in [0, 0.05) is 18.2 Å². The first-order valence-electron chi connectivity index (χ1n) is 5.40. The lowest BCUT2D eigenvalue weighted by Crippen LogP contribution is -2.05. The van der Waals surface area contributed by atoms with Gasteiger partial charge in [0.2, 0.25) is 0 Å². The van der Waals surface area contributed by atoms with Gasteiger partial charge in [-0.15, -0.1) is 0 Å². The van der Waals surface area contributed by atoms with Gasteiger partial charge in [-0.2, -0.15) is 0 Å². The highest BCUT2D eigenvalue weighted by atomic mass is 19.1. The number of fused-ring (bicyclic) bond motifs is 1. The third-order valence-corrected chi connectivity index (χ3v) is 2.45. The fourth-order valence-electron chi connectivity index (χ4n) is 1.58. The molecule has 0 fully saturated rings. The Balaban J connectivity index is 2.35. The molecule has 0 bridgehead atoms. The van der Waals surface area contributed by atoms with Crippen molar-refractivity contribution in [2.45, 2.75) is 6.92 Å². The van der Waals surface area contributed by atoms with Gasteiger partial charge in [0.25, 0.3) is 0 Å². The molecule has 0 saturated heterocycles. The Bertz CT molecular complexity index is 528. The second-order valence-electron chi connectivity index (χ2n) is 3.74. The first-order valence-corrected chi connectivity index (χ1v) is 5.40. The monoisotopic (exact) mass is 235 g/mol. The van der Waals surface area contributed by atoms with Crippen molar-refractivity contribution in [2.24, 2.45) is 0 Å². The van der Waals surface area contributed by atoms with Gasteiger partial charge in [0.15, 0.2) is 11.6 Å². The molecule has 4 heteroatoms. The van der Waals surface area contributed by atoms with Crippen LogP contribution in [-0.2, 0) is 4.74 Å². The molecular formula is C13H14FNO2. The summed E-state index contributed by atoms with van der Waals surface area (Å²) in [6, 6.07) is 7.12. The molecule has 17 heavy (non-hydrogen) atoms. The predicted octanol–water partition coefficient (Wildman–Crippen LogP) is 2.71. The lowest BCUT2D eigenvalue weighted by molar-refractivity contribution is 0.144. The molecule has 0 saturated carbocycles. The summed E-state index contributed by atoms with van der Waals surface area (Å²) in [5.74, 6) is -0.199. The van der Waals surface area contributed by atoms with Crippen LogP contribution in [0.15, 0.2) is 24.3 Å². The molecule has 1 heterocycles. The number of ether oxygens (including phenoxy) is 2. The van der Waals surface area contributed by atoms with Crippen LogP contribution in [0, 0.1) is 12.7 Å².